The minimum Gasteiger partial charge on any atom is -0.462 e. The second kappa shape index (κ2) is 12.7. The molecular formula is C22H37N6O7P. The number of rotatable bonds is 15. The third kappa shape index (κ3) is 8.59. The zero-order chi connectivity index (χ0) is 27.1. The normalized spacial score (nSPS) is 15.7. The van der Waals surface area contributed by atoms with Crippen molar-refractivity contribution < 1.29 is 32.9 Å². The van der Waals surface area contributed by atoms with E-state index in [-0.39, 0.29) is 24.6 Å². The maximum atomic E-state index is 13.9. The van der Waals surface area contributed by atoms with Crippen molar-refractivity contribution in [3.8, 4) is 0 Å². The first-order valence-electron chi connectivity index (χ1n) is 11.6. The number of nitrogens with zero attached hydrogens (tertiary/aromatic N) is 4. The third-order valence-corrected chi connectivity index (χ3v) is 6.77. The van der Waals surface area contributed by atoms with Crippen LogP contribution in [0.1, 0.15) is 48.5 Å². The Hall–Kier alpha value is -2.44. The van der Waals surface area contributed by atoms with E-state index in [1.165, 1.54) is 20.2 Å². The minimum absolute atomic E-state index is 0.110. The van der Waals surface area contributed by atoms with E-state index in [2.05, 4.69) is 20.0 Å². The standard InChI is InChI=1S/C22H37N6O7P/c1-14(2)32-10-17(9-29)35-36(31,27-22(6,7)21(30)34-15(3)4)13-33-16(5)8-28-12-26-18-19(23)24-11-25-20(18)28/h9,11-12,14-17H,8,10,13H2,1-7H3,(H,27,31)(H2,23,24,25)/t16-,17-,36-/m1/s1. The molecule has 0 saturated heterocycles. The number of hydrogen-bond donors (Lipinski definition) is 2. The minimum atomic E-state index is -3.93. The zero-order valence-corrected chi connectivity index (χ0v) is 22.7. The van der Waals surface area contributed by atoms with Gasteiger partial charge in [-0.25, -0.2) is 20.0 Å². The van der Waals surface area contributed by atoms with Crippen molar-refractivity contribution >= 4 is 36.8 Å². The van der Waals surface area contributed by atoms with Gasteiger partial charge in [0.25, 0.3) is 7.52 Å². The molecule has 0 bridgehead atoms. The largest absolute Gasteiger partial charge is 0.462 e. The highest BCUT2D eigenvalue weighted by Gasteiger charge is 2.40. The number of carbonyl (C=O) groups is 2. The van der Waals surface area contributed by atoms with E-state index in [0.717, 1.165) is 0 Å². The monoisotopic (exact) mass is 528 g/mol. The second-order valence-electron chi connectivity index (χ2n) is 9.46. The lowest BCUT2D eigenvalue weighted by molar-refractivity contribution is -0.153. The van der Waals surface area contributed by atoms with Crippen molar-refractivity contribution in [2.75, 3.05) is 18.7 Å². The average molecular weight is 529 g/mol. The molecule has 0 aromatic carbocycles. The van der Waals surface area contributed by atoms with Crippen LogP contribution in [0.25, 0.3) is 11.2 Å². The molecule has 2 rings (SSSR count). The van der Waals surface area contributed by atoms with E-state index in [1.807, 2.05) is 0 Å². The highest BCUT2D eigenvalue weighted by Crippen LogP contribution is 2.46. The van der Waals surface area contributed by atoms with Crippen molar-refractivity contribution in [3.05, 3.63) is 12.7 Å². The van der Waals surface area contributed by atoms with Gasteiger partial charge >= 0.3 is 5.97 Å². The number of fused-ring (bicyclic) bond motifs is 1. The molecule has 0 spiro atoms. The number of ether oxygens (including phenoxy) is 3. The quantitative estimate of drug-likeness (QED) is 0.197. The maximum absolute atomic E-state index is 13.9. The molecular weight excluding hydrogens is 491 g/mol. The van der Waals surface area contributed by atoms with E-state index in [9.17, 15) is 14.2 Å². The Labute approximate surface area is 210 Å². The molecule has 0 aliphatic rings. The summed E-state index contributed by atoms with van der Waals surface area (Å²) in [7, 11) is -3.93. The lowest BCUT2D eigenvalue weighted by atomic mass is 10.1. The Bertz CT molecular complexity index is 1070. The van der Waals surface area contributed by atoms with Gasteiger partial charge in [0.15, 0.2) is 17.8 Å². The molecule has 0 unspecified atom stereocenters. The molecule has 3 atom stereocenters. The van der Waals surface area contributed by atoms with Crippen LogP contribution in [0.5, 0.6) is 0 Å². The predicted molar refractivity (Wildman–Crippen MR) is 133 cm³/mol. The summed E-state index contributed by atoms with van der Waals surface area (Å²) in [5.74, 6) is -0.369. The van der Waals surface area contributed by atoms with Gasteiger partial charge in [-0.05, 0) is 48.5 Å². The zero-order valence-electron chi connectivity index (χ0n) is 21.8. The van der Waals surface area contributed by atoms with Crippen LogP contribution in [-0.4, -0.2) is 74.7 Å². The Morgan fingerprint density at radius 3 is 2.47 bits per heavy atom. The first kappa shape index (κ1) is 29.8. The van der Waals surface area contributed by atoms with Crippen LogP contribution in [0, 0.1) is 0 Å². The van der Waals surface area contributed by atoms with Crippen molar-refractivity contribution in [2.45, 2.75) is 85.0 Å². The van der Waals surface area contributed by atoms with Gasteiger partial charge in [-0.2, -0.15) is 0 Å². The molecule has 2 aromatic heterocycles. The Kier molecular flexibility index (Phi) is 10.5. The van der Waals surface area contributed by atoms with Crippen LogP contribution in [-0.2, 0) is 39.4 Å². The summed E-state index contributed by atoms with van der Waals surface area (Å²) in [5.41, 5.74) is 5.43. The van der Waals surface area contributed by atoms with E-state index in [4.69, 9.17) is 24.5 Å². The van der Waals surface area contributed by atoms with E-state index < -0.39 is 37.6 Å². The fraction of sp³-hybridized carbons (Fsp3) is 0.682. The number of aldehydes is 1. The predicted octanol–water partition coefficient (Wildman–Crippen LogP) is 2.29. The number of carbonyl (C=O) groups excluding carboxylic acids is 2. The number of imidazole rings is 1. The summed E-state index contributed by atoms with van der Waals surface area (Å²) in [6.07, 6.45) is 0.804. The molecule has 13 nitrogen and oxygen atoms in total. The first-order valence-corrected chi connectivity index (χ1v) is 13.4. The number of nitrogen functional groups attached to an aromatic ring is 1. The van der Waals surface area contributed by atoms with Crippen LogP contribution in [0.15, 0.2) is 12.7 Å². The molecule has 0 saturated carbocycles. The number of anilines is 1. The van der Waals surface area contributed by atoms with Gasteiger partial charge < -0.3 is 33.8 Å². The SMILES string of the molecule is CC(C)OC[C@@H](C=O)O[P@](=O)(CO[C@H](C)Cn1cnc2c(N)ncnc21)NC(C)(C)C(=O)OC(C)C. The molecule has 0 fully saturated rings. The highest BCUT2D eigenvalue weighted by atomic mass is 31.2. The van der Waals surface area contributed by atoms with E-state index >= 15 is 0 Å². The number of esters is 1. The summed E-state index contributed by atoms with van der Waals surface area (Å²) in [6, 6.07) is 0. The molecule has 0 radical (unpaired) electrons. The summed E-state index contributed by atoms with van der Waals surface area (Å²) in [5, 5.41) is 2.74. The average Bonchev–Trinajstić information content (AvgIpc) is 3.18. The van der Waals surface area contributed by atoms with Gasteiger partial charge in [0, 0.05) is 0 Å². The molecule has 0 amide bonds. The summed E-state index contributed by atoms with van der Waals surface area (Å²) >= 11 is 0. The van der Waals surface area contributed by atoms with Gasteiger partial charge in [-0.1, -0.05) is 0 Å². The lowest BCUT2D eigenvalue weighted by Gasteiger charge is -2.32. The van der Waals surface area contributed by atoms with Crippen LogP contribution < -0.4 is 10.8 Å². The Morgan fingerprint density at radius 2 is 1.86 bits per heavy atom. The number of hydrogen-bond acceptors (Lipinski definition) is 11. The summed E-state index contributed by atoms with van der Waals surface area (Å²) in [6.45, 7) is 12.0. The Balaban J connectivity index is 2.18. The molecule has 3 N–H and O–H groups in total. The molecule has 202 valence electrons. The molecule has 0 aliphatic carbocycles. The van der Waals surface area contributed by atoms with Gasteiger partial charge in [0.05, 0.1) is 37.8 Å². The number of nitrogens with one attached hydrogen (secondary N) is 1. The summed E-state index contributed by atoms with van der Waals surface area (Å²) < 4.78 is 37.8. The van der Waals surface area contributed by atoms with Crippen LogP contribution in [0.4, 0.5) is 5.82 Å². The molecule has 36 heavy (non-hydrogen) atoms. The smallest absolute Gasteiger partial charge is 0.326 e. The number of nitrogens with two attached hydrogens (primary N) is 1. The van der Waals surface area contributed by atoms with Gasteiger partial charge in [0.2, 0.25) is 0 Å². The topological polar surface area (TPSA) is 170 Å². The Morgan fingerprint density at radius 1 is 1.17 bits per heavy atom. The van der Waals surface area contributed by atoms with Crippen molar-refractivity contribution in [1.82, 2.24) is 24.6 Å². The first-order chi connectivity index (χ1) is 16.8. The second-order valence-corrected chi connectivity index (χ2v) is 11.5. The lowest BCUT2D eigenvalue weighted by Crippen LogP contribution is -2.48. The highest BCUT2D eigenvalue weighted by molar-refractivity contribution is 7.56. The van der Waals surface area contributed by atoms with Crippen LogP contribution in [0.3, 0.4) is 0 Å². The van der Waals surface area contributed by atoms with Crippen molar-refractivity contribution in [2.24, 2.45) is 0 Å². The fourth-order valence-corrected chi connectivity index (χ4v) is 5.23. The van der Waals surface area contributed by atoms with Gasteiger partial charge in [-0.3, -0.25) is 9.36 Å². The fourth-order valence-electron chi connectivity index (χ4n) is 3.11. The van der Waals surface area contributed by atoms with Crippen LogP contribution in [0.2, 0.25) is 0 Å². The van der Waals surface area contributed by atoms with E-state index in [0.29, 0.717) is 24.0 Å². The molecule has 0 aliphatic heterocycles. The van der Waals surface area contributed by atoms with E-state index in [1.54, 1.807) is 45.5 Å². The van der Waals surface area contributed by atoms with Crippen molar-refractivity contribution in [3.63, 3.8) is 0 Å². The van der Waals surface area contributed by atoms with Crippen molar-refractivity contribution in [1.29, 1.82) is 0 Å². The van der Waals surface area contributed by atoms with Crippen LogP contribution >= 0.6 is 7.52 Å². The van der Waals surface area contributed by atoms with Gasteiger partial charge in [0.1, 0.15) is 29.8 Å². The van der Waals surface area contributed by atoms with Gasteiger partial charge in [-0.15, -0.1) is 0 Å². The molecule has 2 heterocycles. The molecule has 14 heteroatoms. The molecule has 2 aromatic rings. The summed E-state index contributed by atoms with van der Waals surface area (Å²) in [4.78, 5) is 36.6. The maximum Gasteiger partial charge on any atom is 0.326 e. The number of aromatic nitrogens is 4. The third-order valence-electron chi connectivity index (χ3n) is 4.77.